The summed E-state index contributed by atoms with van der Waals surface area (Å²) < 4.78 is 10.3. The largest absolute Gasteiger partial charge is 0.495 e. The first-order chi connectivity index (χ1) is 10.7. The van der Waals surface area contributed by atoms with Crippen LogP contribution >= 0.6 is 11.6 Å². The van der Waals surface area contributed by atoms with E-state index in [0.29, 0.717) is 22.2 Å². The van der Waals surface area contributed by atoms with E-state index >= 15 is 0 Å². The first-order valence-corrected chi connectivity index (χ1v) is 7.56. The number of hydrogen-bond acceptors (Lipinski definition) is 4. The Labute approximate surface area is 141 Å². The molecule has 1 aromatic rings. The molecule has 0 bridgehead atoms. The van der Waals surface area contributed by atoms with Crippen molar-refractivity contribution in [3.05, 3.63) is 17.2 Å². The van der Waals surface area contributed by atoms with Crippen LogP contribution in [-0.2, 0) is 9.59 Å². The van der Waals surface area contributed by atoms with Crippen LogP contribution in [0.2, 0.25) is 5.02 Å². The maximum Gasteiger partial charge on any atom is 0.226 e. The Bertz CT molecular complexity index is 582. The second kappa shape index (κ2) is 8.06. The van der Waals surface area contributed by atoms with Gasteiger partial charge in [0, 0.05) is 24.4 Å². The molecule has 0 spiro atoms. The summed E-state index contributed by atoms with van der Waals surface area (Å²) in [5, 5.41) is 5.80. The number of amides is 2. The Hall–Kier alpha value is -1.95. The maximum absolute atomic E-state index is 12.0. The van der Waals surface area contributed by atoms with E-state index in [-0.39, 0.29) is 24.8 Å². The predicted molar refractivity (Wildman–Crippen MR) is 90.3 cm³/mol. The number of hydrogen-bond donors (Lipinski definition) is 2. The van der Waals surface area contributed by atoms with Gasteiger partial charge in [-0.25, -0.2) is 0 Å². The zero-order chi connectivity index (χ0) is 17.6. The van der Waals surface area contributed by atoms with Crippen molar-refractivity contribution in [3.63, 3.8) is 0 Å². The Morgan fingerprint density at radius 1 is 1.13 bits per heavy atom. The summed E-state index contributed by atoms with van der Waals surface area (Å²) in [4.78, 5) is 23.7. The highest BCUT2D eigenvalue weighted by molar-refractivity contribution is 6.32. The summed E-state index contributed by atoms with van der Waals surface area (Å²) in [7, 11) is 2.98. The van der Waals surface area contributed by atoms with Gasteiger partial charge in [0.25, 0.3) is 0 Å². The minimum atomic E-state index is -0.483. The summed E-state index contributed by atoms with van der Waals surface area (Å²) >= 11 is 6.05. The standard InChI is InChI=1S/C16H23ClN2O4/c1-16(2,3)15(21)18-7-6-14(20)19-11-8-10(17)12(22-4)9-13(11)23-5/h8-9H,6-7H2,1-5H3,(H,18,21)(H,19,20). The zero-order valence-corrected chi connectivity index (χ0v) is 14.8. The van der Waals surface area contributed by atoms with E-state index in [0.717, 1.165) is 0 Å². The molecule has 0 saturated heterocycles. The average Bonchev–Trinajstić information content (AvgIpc) is 2.46. The lowest BCUT2D eigenvalue weighted by Crippen LogP contribution is -2.36. The number of carbonyl (C=O) groups excluding carboxylic acids is 2. The van der Waals surface area contributed by atoms with Gasteiger partial charge in [0.2, 0.25) is 11.8 Å². The SMILES string of the molecule is COc1cc(OC)c(NC(=O)CCNC(=O)C(C)(C)C)cc1Cl. The summed E-state index contributed by atoms with van der Waals surface area (Å²) in [6.07, 6.45) is 0.147. The summed E-state index contributed by atoms with van der Waals surface area (Å²) in [6, 6.07) is 3.16. The van der Waals surface area contributed by atoms with Crippen molar-refractivity contribution in [2.45, 2.75) is 27.2 Å². The Kier molecular flexibility index (Phi) is 6.69. The number of benzene rings is 1. The fourth-order valence-corrected chi connectivity index (χ4v) is 1.97. The molecule has 0 saturated carbocycles. The van der Waals surface area contributed by atoms with Gasteiger partial charge in [-0.3, -0.25) is 9.59 Å². The molecular weight excluding hydrogens is 320 g/mol. The lowest BCUT2D eigenvalue weighted by molar-refractivity contribution is -0.128. The van der Waals surface area contributed by atoms with Crippen LogP contribution in [-0.4, -0.2) is 32.6 Å². The molecule has 7 heteroatoms. The van der Waals surface area contributed by atoms with E-state index in [1.54, 1.807) is 12.1 Å². The molecule has 0 atom stereocenters. The minimum Gasteiger partial charge on any atom is -0.495 e. The Morgan fingerprint density at radius 2 is 1.74 bits per heavy atom. The van der Waals surface area contributed by atoms with Gasteiger partial charge in [0.05, 0.1) is 24.9 Å². The molecule has 0 aliphatic rings. The molecule has 6 nitrogen and oxygen atoms in total. The highest BCUT2D eigenvalue weighted by atomic mass is 35.5. The molecule has 23 heavy (non-hydrogen) atoms. The van der Waals surface area contributed by atoms with Crippen LogP contribution in [0.1, 0.15) is 27.2 Å². The third kappa shape index (κ3) is 5.63. The number of carbonyl (C=O) groups is 2. The van der Waals surface area contributed by atoms with Crippen molar-refractivity contribution in [2.24, 2.45) is 5.41 Å². The van der Waals surface area contributed by atoms with Crippen molar-refractivity contribution in [1.82, 2.24) is 5.32 Å². The highest BCUT2D eigenvalue weighted by Gasteiger charge is 2.20. The van der Waals surface area contributed by atoms with Gasteiger partial charge in [-0.05, 0) is 6.07 Å². The van der Waals surface area contributed by atoms with E-state index in [9.17, 15) is 9.59 Å². The number of halogens is 1. The van der Waals surface area contributed by atoms with Crippen LogP contribution in [0.15, 0.2) is 12.1 Å². The lowest BCUT2D eigenvalue weighted by Gasteiger charge is -2.17. The molecule has 0 unspecified atom stereocenters. The topological polar surface area (TPSA) is 76.7 Å². The van der Waals surface area contributed by atoms with Gasteiger partial charge in [0.1, 0.15) is 11.5 Å². The van der Waals surface area contributed by atoms with E-state index in [2.05, 4.69) is 10.6 Å². The average molecular weight is 343 g/mol. The zero-order valence-electron chi connectivity index (χ0n) is 14.1. The third-order valence-corrected chi connectivity index (χ3v) is 3.36. The molecule has 0 radical (unpaired) electrons. The van der Waals surface area contributed by atoms with E-state index in [1.807, 2.05) is 20.8 Å². The second-order valence-electron chi connectivity index (χ2n) is 5.99. The number of anilines is 1. The van der Waals surface area contributed by atoms with Crippen molar-refractivity contribution in [3.8, 4) is 11.5 Å². The third-order valence-electron chi connectivity index (χ3n) is 3.07. The number of rotatable bonds is 6. The molecule has 2 amide bonds. The predicted octanol–water partition coefficient (Wildman–Crippen LogP) is 2.85. The first-order valence-electron chi connectivity index (χ1n) is 7.18. The number of ether oxygens (including phenoxy) is 2. The molecule has 0 aliphatic heterocycles. The van der Waals surface area contributed by atoms with E-state index < -0.39 is 5.41 Å². The van der Waals surface area contributed by atoms with Gasteiger partial charge in [0.15, 0.2) is 0 Å². The van der Waals surface area contributed by atoms with Crippen molar-refractivity contribution >= 4 is 29.1 Å². The van der Waals surface area contributed by atoms with Crippen molar-refractivity contribution < 1.29 is 19.1 Å². The molecule has 0 aromatic heterocycles. The molecule has 1 rings (SSSR count). The fourth-order valence-electron chi connectivity index (χ4n) is 1.73. The van der Waals surface area contributed by atoms with E-state index in [1.165, 1.54) is 14.2 Å². The lowest BCUT2D eigenvalue weighted by atomic mass is 9.96. The van der Waals surface area contributed by atoms with Crippen molar-refractivity contribution in [2.75, 3.05) is 26.1 Å². The van der Waals surface area contributed by atoms with Gasteiger partial charge >= 0.3 is 0 Å². The molecule has 0 fully saturated rings. The van der Waals surface area contributed by atoms with Gasteiger partial charge < -0.3 is 20.1 Å². The molecule has 0 aliphatic carbocycles. The quantitative estimate of drug-likeness (QED) is 0.833. The van der Waals surface area contributed by atoms with Crippen LogP contribution in [0.3, 0.4) is 0 Å². The fraction of sp³-hybridized carbons (Fsp3) is 0.500. The highest BCUT2D eigenvalue weighted by Crippen LogP contribution is 2.35. The Morgan fingerprint density at radius 3 is 2.26 bits per heavy atom. The smallest absolute Gasteiger partial charge is 0.226 e. The molecule has 128 valence electrons. The summed E-state index contributed by atoms with van der Waals surface area (Å²) in [5.41, 5.74) is -0.0334. The van der Waals surface area contributed by atoms with Gasteiger partial charge in [-0.2, -0.15) is 0 Å². The minimum absolute atomic E-state index is 0.102. The van der Waals surface area contributed by atoms with Crippen LogP contribution in [0, 0.1) is 5.41 Å². The molecule has 0 heterocycles. The van der Waals surface area contributed by atoms with Crippen LogP contribution in [0.25, 0.3) is 0 Å². The number of nitrogens with one attached hydrogen (secondary N) is 2. The van der Waals surface area contributed by atoms with Gasteiger partial charge in [-0.1, -0.05) is 32.4 Å². The molecule has 2 N–H and O–H groups in total. The molecular formula is C16H23ClN2O4. The first kappa shape index (κ1) is 19.1. The monoisotopic (exact) mass is 342 g/mol. The Balaban J connectivity index is 2.64. The summed E-state index contributed by atoms with van der Waals surface area (Å²) in [6.45, 7) is 5.69. The maximum atomic E-state index is 12.0. The van der Waals surface area contributed by atoms with Crippen LogP contribution in [0.5, 0.6) is 11.5 Å². The van der Waals surface area contributed by atoms with Crippen LogP contribution < -0.4 is 20.1 Å². The summed E-state index contributed by atoms with van der Waals surface area (Å²) in [5.74, 6) is 0.548. The van der Waals surface area contributed by atoms with E-state index in [4.69, 9.17) is 21.1 Å². The second-order valence-corrected chi connectivity index (χ2v) is 6.40. The van der Waals surface area contributed by atoms with Gasteiger partial charge in [-0.15, -0.1) is 0 Å². The van der Waals surface area contributed by atoms with Crippen LogP contribution in [0.4, 0.5) is 5.69 Å². The molecule has 1 aromatic carbocycles. The van der Waals surface area contributed by atoms with Crippen molar-refractivity contribution in [1.29, 1.82) is 0 Å². The number of methoxy groups -OCH3 is 2. The normalized spacial score (nSPS) is 10.9.